The van der Waals surface area contributed by atoms with Crippen LogP contribution < -0.4 is 0 Å². The molecule has 1 rings (SSSR count). The molecule has 0 aliphatic carbocycles. The molecule has 4 nitrogen and oxygen atoms in total. The van der Waals surface area contributed by atoms with Crippen molar-refractivity contribution in [3.8, 4) is 0 Å². The zero-order valence-corrected chi connectivity index (χ0v) is 14.8. The van der Waals surface area contributed by atoms with Crippen molar-refractivity contribution < 1.29 is 13.2 Å². The molecular formula is C14H19Cl2NO3S. The molecule has 7 heteroatoms. The predicted molar refractivity (Wildman–Crippen MR) is 85.7 cm³/mol. The molecule has 0 aliphatic rings. The van der Waals surface area contributed by atoms with E-state index in [4.69, 9.17) is 22.3 Å². The Kier molecular flexibility index (Phi) is 6.08. The molecule has 0 fully saturated rings. The Labute approximate surface area is 135 Å². The summed E-state index contributed by atoms with van der Waals surface area (Å²) in [6, 6.07) is 2.55. The SMILES string of the molecule is CCCN(C(=O)c1cc(S(=O)(=O)Cl)cc(Cl)c1C)C(C)C. The quantitative estimate of drug-likeness (QED) is 0.757. The van der Waals surface area contributed by atoms with Crippen molar-refractivity contribution in [2.75, 3.05) is 6.54 Å². The summed E-state index contributed by atoms with van der Waals surface area (Å²) >= 11 is 6.04. The van der Waals surface area contributed by atoms with Crippen LogP contribution in [0.5, 0.6) is 0 Å². The highest BCUT2D eigenvalue weighted by Crippen LogP contribution is 2.27. The van der Waals surface area contributed by atoms with E-state index in [1.54, 1.807) is 11.8 Å². The fourth-order valence-corrected chi connectivity index (χ4v) is 3.08. The van der Waals surface area contributed by atoms with Crippen molar-refractivity contribution in [2.24, 2.45) is 0 Å². The average Bonchev–Trinajstić information content (AvgIpc) is 2.36. The van der Waals surface area contributed by atoms with Gasteiger partial charge in [0.2, 0.25) is 0 Å². The van der Waals surface area contributed by atoms with Gasteiger partial charge < -0.3 is 4.90 Å². The van der Waals surface area contributed by atoms with Gasteiger partial charge in [0.05, 0.1) is 4.90 Å². The molecule has 21 heavy (non-hydrogen) atoms. The molecule has 0 radical (unpaired) electrons. The standard InChI is InChI=1S/C14H19Cl2NO3S/c1-5-6-17(9(2)3)14(18)12-7-11(21(16,19)20)8-13(15)10(12)4/h7-9H,5-6H2,1-4H3. The van der Waals surface area contributed by atoms with E-state index in [0.717, 1.165) is 6.42 Å². The van der Waals surface area contributed by atoms with Crippen LogP contribution in [-0.4, -0.2) is 31.8 Å². The van der Waals surface area contributed by atoms with Gasteiger partial charge in [0.25, 0.3) is 15.0 Å². The Morgan fingerprint density at radius 1 is 1.33 bits per heavy atom. The summed E-state index contributed by atoms with van der Waals surface area (Å²) in [7, 11) is 1.41. The minimum Gasteiger partial charge on any atom is -0.336 e. The first-order valence-corrected chi connectivity index (χ1v) is 9.34. The second-order valence-electron chi connectivity index (χ2n) is 5.11. The number of hydrogen-bond donors (Lipinski definition) is 0. The fraction of sp³-hybridized carbons (Fsp3) is 0.500. The molecule has 0 unspecified atom stereocenters. The topological polar surface area (TPSA) is 54.5 Å². The van der Waals surface area contributed by atoms with Gasteiger partial charge in [-0.05, 0) is 44.9 Å². The van der Waals surface area contributed by atoms with Gasteiger partial charge in [0.1, 0.15) is 0 Å². The minimum absolute atomic E-state index is 0.00638. The maximum atomic E-state index is 12.7. The van der Waals surface area contributed by atoms with Gasteiger partial charge in [0, 0.05) is 33.9 Å². The second kappa shape index (κ2) is 6.99. The Balaban J connectivity index is 3.41. The molecule has 0 saturated heterocycles. The lowest BCUT2D eigenvalue weighted by Gasteiger charge is -2.27. The number of carbonyl (C=O) groups is 1. The zero-order valence-electron chi connectivity index (χ0n) is 12.5. The number of carbonyl (C=O) groups excluding carboxylic acids is 1. The number of hydrogen-bond acceptors (Lipinski definition) is 3. The maximum absolute atomic E-state index is 12.7. The molecule has 0 aliphatic heterocycles. The lowest BCUT2D eigenvalue weighted by molar-refractivity contribution is 0.0705. The molecule has 0 saturated carbocycles. The first kappa shape index (κ1) is 18.3. The number of amides is 1. The largest absolute Gasteiger partial charge is 0.336 e. The van der Waals surface area contributed by atoms with E-state index in [1.165, 1.54) is 12.1 Å². The van der Waals surface area contributed by atoms with Crippen LogP contribution in [-0.2, 0) is 9.05 Å². The van der Waals surface area contributed by atoms with Gasteiger partial charge in [-0.1, -0.05) is 18.5 Å². The van der Waals surface area contributed by atoms with E-state index in [1.807, 2.05) is 20.8 Å². The van der Waals surface area contributed by atoms with Crippen molar-refractivity contribution in [1.29, 1.82) is 0 Å². The summed E-state index contributed by atoms with van der Waals surface area (Å²) in [6.45, 7) is 8.07. The van der Waals surface area contributed by atoms with E-state index in [9.17, 15) is 13.2 Å². The smallest absolute Gasteiger partial charge is 0.261 e. The second-order valence-corrected chi connectivity index (χ2v) is 8.08. The third-order valence-electron chi connectivity index (χ3n) is 3.18. The van der Waals surface area contributed by atoms with Crippen LogP contribution in [0.15, 0.2) is 17.0 Å². The van der Waals surface area contributed by atoms with E-state index >= 15 is 0 Å². The van der Waals surface area contributed by atoms with Crippen molar-refractivity contribution in [2.45, 2.75) is 45.1 Å². The lowest BCUT2D eigenvalue weighted by Crippen LogP contribution is -2.38. The van der Waals surface area contributed by atoms with Crippen LogP contribution in [0.4, 0.5) is 0 Å². The predicted octanol–water partition coefficient (Wildman–Crippen LogP) is 3.84. The Morgan fingerprint density at radius 3 is 2.33 bits per heavy atom. The van der Waals surface area contributed by atoms with Crippen LogP contribution in [0.2, 0.25) is 5.02 Å². The van der Waals surface area contributed by atoms with Gasteiger partial charge >= 0.3 is 0 Å². The molecule has 118 valence electrons. The van der Waals surface area contributed by atoms with Crippen molar-refractivity contribution in [1.82, 2.24) is 4.90 Å². The third kappa shape index (κ3) is 4.34. The van der Waals surface area contributed by atoms with Gasteiger partial charge in [-0.25, -0.2) is 8.42 Å². The van der Waals surface area contributed by atoms with Crippen LogP contribution in [0.1, 0.15) is 43.1 Å². The van der Waals surface area contributed by atoms with E-state index in [0.29, 0.717) is 12.1 Å². The molecule has 0 spiro atoms. The summed E-state index contributed by atoms with van der Waals surface area (Å²) < 4.78 is 23.0. The van der Waals surface area contributed by atoms with Gasteiger partial charge in [-0.3, -0.25) is 4.79 Å². The maximum Gasteiger partial charge on any atom is 0.261 e. The molecule has 0 atom stereocenters. The van der Waals surface area contributed by atoms with Crippen LogP contribution in [0.3, 0.4) is 0 Å². The van der Waals surface area contributed by atoms with Crippen molar-refractivity contribution >= 4 is 37.2 Å². The first-order valence-electron chi connectivity index (χ1n) is 6.65. The Bertz CT molecular complexity index is 642. The number of halogens is 2. The van der Waals surface area contributed by atoms with E-state index in [2.05, 4.69) is 0 Å². The molecular weight excluding hydrogens is 333 g/mol. The highest BCUT2D eigenvalue weighted by Gasteiger charge is 2.23. The number of benzene rings is 1. The number of nitrogens with zero attached hydrogens (tertiary/aromatic N) is 1. The molecule has 0 aromatic heterocycles. The number of rotatable bonds is 5. The summed E-state index contributed by atoms with van der Waals surface area (Å²) in [5, 5.41) is 0.209. The fourth-order valence-electron chi connectivity index (χ4n) is 2.01. The van der Waals surface area contributed by atoms with E-state index in [-0.39, 0.29) is 27.4 Å². The average molecular weight is 352 g/mol. The molecule has 1 aromatic rings. The third-order valence-corrected chi connectivity index (χ3v) is 4.90. The van der Waals surface area contributed by atoms with Crippen LogP contribution >= 0.6 is 22.3 Å². The van der Waals surface area contributed by atoms with Gasteiger partial charge in [-0.2, -0.15) is 0 Å². The zero-order chi connectivity index (χ0) is 16.4. The van der Waals surface area contributed by atoms with Crippen molar-refractivity contribution in [3.63, 3.8) is 0 Å². The Hall–Kier alpha value is -0.780. The molecule has 1 aromatic carbocycles. The lowest BCUT2D eigenvalue weighted by atomic mass is 10.1. The van der Waals surface area contributed by atoms with Crippen LogP contribution in [0, 0.1) is 6.92 Å². The summed E-state index contributed by atoms with van der Waals surface area (Å²) in [5.74, 6) is -0.242. The van der Waals surface area contributed by atoms with Gasteiger partial charge in [0.15, 0.2) is 0 Å². The molecule has 0 N–H and O–H groups in total. The summed E-state index contributed by atoms with van der Waals surface area (Å²) in [4.78, 5) is 14.2. The van der Waals surface area contributed by atoms with E-state index < -0.39 is 9.05 Å². The molecule has 0 heterocycles. The van der Waals surface area contributed by atoms with Gasteiger partial charge in [-0.15, -0.1) is 0 Å². The molecule has 0 bridgehead atoms. The van der Waals surface area contributed by atoms with Crippen LogP contribution in [0.25, 0.3) is 0 Å². The summed E-state index contributed by atoms with van der Waals surface area (Å²) in [6.07, 6.45) is 0.810. The first-order chi connectivity index (χ1) is 9.59. The highest BCUT2D eigenvalue weighted by atomic mass is 35.7. The summed E-state index contributed by atoms with van der Waals surface area (Å²) in [5.41, 5.74) is 0.816. The Morgan fingerprint density at radius 2 is 1.90 bits per heavy atom. The normalized spacial score (nSPS) is 11.8. The minimum atomic E-state index is -3.94. The van der Waals surface area contributed by atoms with Crippen molar-refractivity contribution in [3.05, 3.63) is 28.3 Å². The molecule has 1 amide bonds. The highest BCUT2D eigenvalue weighted by molar-refractivity contribution is 8.13. The monoisotopic (exact) mass is 351 g/mol.